The third kappa shape index (κ3) is 3.59. The van der Waals surface area contributed by atoms with Crippen molar-refractivity contribution in [2.24, 2.45) is 0 Å². The van der Waals surface area contributed by atoms with E-state index in [0.29, 0.717) is 30.4 Å². The molecule has 0 atom stereocenters. The predicted molar refractivity (Wildman–Crippen MR) is 118 cm³/mol. The minimum atomic E-state index is -3.75. The highest BCUT2D eigenvalue weighted by Crippen LogP contribution is 2.34. The molecule has 0 unspecified atom stereocenters. The van der Waals surface area contributed by atoms with Crippen molar-refractivity contribution in [3.8, 4) is 22.1 Å². The minimum absolute atomic E-state index is 0.123. The Kier molecular flexibility index (Phi) is 4.60. The summed E-state index contributed by atoms with van der Waals surface area (Å²) in [5.74, 6) is 0.987. The van der Waals surface area contributed by atoms with Crippen molar-refractivity contribution in [2.75, 3.05) is 17.9 Å². The highest BCUT2D eigenvalue weighted by atomic mass is 32.2. The lowest BCUT2D eigenvalue weighted by atomic mass is 10.2. The van der Waals surface area contributed by atoms with Crippen molar-refractivity contribution in [1.82, 2.24) is 4.98 Å². The van der Waals surface area contributed by atoms with Gasteiger partial charge in [0.05, 0.1) is 15.1 Å². The first kappa shape index (κ1) is 18.9. The van der Waals surface area contributed by atoms with Gasteiger partial charge in [-0.05, 0) is 61.0 Å². The van der Waals surface area contributed by atoms with Gasteiger partial charge in [0, 0.05) is 17.3 Å². The molecule has 4 aromatic rings. The van der Waals surface area contributed by atoms with E-state index >= 15 is 0 Å². The zero-order valence-corrected chi connectivity index (χ0v) is 17.7. The summed E-state index contributed by atoms with van der Waals surface area (Å²) >= 11 is 1.62. The number of thiazole rings is 1. The van der Waals surface area contributed by atoms with Crippen LogP contribution in [0, 0.1) is 6.92 Å². The van der Waals surface area contributed by atoms with Crippen LogP contribution >= 0.6 is 11.3 Å². The van der Waals surface area contributed by atoms with Gasteiger partial charge in [0.25, 0.3) is 10.0 Å². The Morgan fingerprint density at radius 2 is 1.70 bits per heavy atom. The molecule has 6 nitrogen and oxygen atoms in total. The Morgan fingerprint density at radius 1 is 0.933 bits per heavy atom. The lowest BCUT2D eigenvalue weighted by Crippen LogP contribution is -2.17. The van der Waals surface area contributed by atoms with E-state index in [-0.39, 0.29) is 4.90 Å². The lowest BCUT2D eigenvalue weighted by Gasteiger charge is -2.19. The molecule has 0 saturated carbocycles. The summed E-state index contributed by atoms with van der Waals surface area (Å²) in [6.45, 7) is 2.91. The van der Waals surface area contributed by atoms with E-state index in [2.05, 4.69) is 22.7 Å². The number of anilines is 1. The van der Waals surface area contributed by atoms with Crippen LogP contribution in [0.3, 0.4) is 0 Å². The molecular weight excluding hydrogens is 420 g/mol. The number of aromatic nitrogens is 1. The van der Waals surface area contributed by atoms with Crippen LogP contribution in [-0.4, -0.2) is 26.6 Å². The molecule has 5 rings (SSSR count). The quantitative estimate of drug-likeness (QED) is 0.493. The van der Waals surface area contributed by atoms with Crippen LogP contribution in [0.15, 0.2) is 65.6 Å². The van der Waals surface area contributed by atoms with Gasteiger partial charge in [-0.15, -0.1) is 11.3 Å². The van der Waals surface area contributed by atoms with Crippen molar-refractivity contribution < 1.29 is 17.9 Å². The standard InChI is InChI=1S/C22H18N2O4S2/c1-14-2-8-18-21(12-14)29-22(23-18)15-3-5-16(6-4-15)24-30(25,26)17-7-9-19-20(13-17)28-11-10-27-19/h2-9,12-13,24H,10-11H2,1H3. The Bertz CT molecular complexity index is 1350. The third-order valence-corrected chi connectivity index (χ3v) is 7.20. The molecule has 0 saturated heterocycles. The van der Waals surface area contributed by atoms with Crippen LogP contribution in [-0.2, 0) is 10.0 Å². The fraction of sp³-hybridized carbons (Fsp3) is 0.136. The number of nitrogens with one attached hydrogen (secondary N) is 1. The van der Waals surface area contributed by atoms with Gasteiger partial charge in [0.1, 0.15) is 18.2 Å². The van der Waals surface area contributed by atoms with Gasteiger partial charge in [0.2, 0.25) is 0 Å². The van der Waals surface area contributed by atoms with E-state index < -0.39 is 10.0 Å². The van der Waals surface area contributed by atoms with Gasteiger partial charge in [-0.2, -0.15) is 0 Å². The SMILES string of the molecule is Cc1ccc2nc(-c3ccc(NS(=O)(=O)c4ccc5c(c4)OCCO5)cc3)sc2c1. The molecule has 152 valence electrons. The normalized spacial score (nSPS) is 13.4. The first-order valence-electron chi connectivity index (χ1n) is 9.38. The third-order valence-electron chi connectivity index (χ3n) is 4.75. The number of benzene rings is 3. The van der Waals surface area contributed by atoms with Crippen molar-refractivity contribution in [3.63, 3.8) is 0 Å². The second-order valence-electron chi connectivity index (χ2n) is 6.98. The van der Waals surface area contributed by atoms with Crippen LogP contribution in [0.2, 0.25) is 0 Å². The van der Waals surface area contributed by atoms with E-state index in [9.17, 15) is 8.42 Å². The van der Waals surface area contributed by atoms with Crippen LogP contribution in [0.5, 0.6) is 11.5 Å². The highest BCUT2D eigenvalue weighted by molar-refractivity contribution is 7.92. The Hall–Kier alpha value is -3.10. The fourth-order valence-electron chi connectivity index (χ4n) is 3.24. The average Bonchev–Trinajstić information content (AvgIpc) is 3.17. The number of aryl methyl sites for hydroxylation is 1. The average molecular weight is 439 g/mol. The van der Waals surface area contributed by atoms with Gasteiger partial charge < -0.3 is 9.47 Å². The van der Waals surface area contributed by atoms with Crippen LogP contribution < -0.4 is 14.2 Å². The molecule has 1 aliphatic rings. The molecule has 1 aromatic heterocycles. The molecule has 2 heterocycles. The Balaban J connectivity index is 1.38. The molecule has 0 amide bonds. The number of rotatable bonds is 4. The first-order valence-corrected chi connectivity index (χ1v) is 11.7. The van der Waals surface area contributed by atoms with Gasteiger partial charge in [-0.3, -0.25) is 4.72 Å². The summed E-state index contributed by atoms with van der Waals surface area (Å²) < 4.78 is 40.2. The second kappa shape index (κ2) is 7.30. The molecule has 1 N–H and O–H groups in total. The Morgan fingerprint density at radius 3 is 2.50 bits per heavy atom. The van der Waals surface area contributed by atoms with Crippen LogP contribution in [0.4, 0.5) is 5.69 Å². The van der Waals surface area contributed by atoms with E-state index in [1.54, 1.807) is 29.5 Å². The largest absolute Gasteiger partial charge is 0.486 e. The molecule has 0 aliphatic carbocycles. The first-order chi connectivity index (χ1) is 14.5. The minimum Gasteiger partial charge on any atom is -0.486 e. The Labute approximate surface area is 178 Å². The van der Waals surface area contributed by atoms with Gasteiger partial charge in [0.15, 0.2) is 11.5 Å². The summed E-state index contributed by atoms with van der Waals surface area (Å²) in [6.07, 6.45) is 0. The van der Waals surface area contributed by atoms with Gasteiger partial charge >= 0.3 is 0 Å². The summed E-state index contributed by atoms with van der Waals surface area (Å²) in [4.78, 5) is 4.79. The maximum atomic E-state index is 12.8. The fourth-order valence-corrected chi connectivity index (χ4v) is 5.38. The topological polar surface area (TPSA) is 77.5 Å². The van der Waals surface area contributed by atoms with E-state index in [0.717, 1.165) is 20.8 Å². The van der Waals surface area contributed by atoms with Crippen LogP contribution in [0.1, 0.15) is 5.56 Å². The number of hydrogen-bond acceptors (Lipinski definition) is 6. The van der Waals surface area contributed by atoms with Crippen molar-refractivity contribution >= 4 is 37.3 Å². The molecule has 3 aromatic carbocycles. The molecule has 0 spiro atoms. The maximum Gasteiger partial charge on any atom is 0.262 e. The molecule has 1 aliphatic heterocycles. The van der Waals surface area contributed by atoms with E-state index in [1.165, 1.54) is 17.7 Å². The number of sulfonamides is 1. The van der Waals surface area contributed by atoms with Gasteiger partial charge in [-0.25, -0.2) is 13.4 Å². The number of nitrogens with zero attached hydrogens (tertiary/aromatic N) is 1. The van der Waals surface area contributed by atoms with Crippen molar-refractivity contribution in [2.45, 2.75) is 11.8 Å². The van der Waals surface area contributed by atoms with Gasteiger partial charge in [-0.1, -0.05) is 6.07 Å². The molecular formula is C22H18N2O4S2. The summed E-state index contributed by atoms with van der Waals surface area (Å²) in [5, 5.41) is 0.900. The van der Waals surface area contributed by atoms with Crippen LogP contribution in [0.25, 0.3) is 20.8 Å². The number of fused-ring (bicyclic) bond motifs is 2. The van der Waals surface area contributed by atoms with E-state index in [1.807, 2.05) is 24.3 Å². The molecule has 30 heavy (non-hydrogen) atoms. The number of hydrogen-bond donors (Lipinski definition) is 1. The second-order valence-corrected chi connectivity index (χ2v) is 9.69. The number of ether oxygens (including phenoxy) is 2. The molecule has 0 bridgehead atoms. The summed E-state index contributed by atoms with van der Waals surface area (Å²) in [5.41, 5.74) is 3.58. The van der Waals surface area contributed by atoms with Crippen molar-refractivity contribution in [1.29, 1.82) is 0 Å². The highest BCUT2D eigenvalue weighted by Gasteiger charge is 2.19. The molecule has 8 heteroatoms. The smallest absolute Gasteiger partial charge is 0.262 e. The molecule has 0 fully saturated rings. The summed E-state index contributed by atoms with van der Waals surface area (Å²) in [7, 11) is -3.75. The summed E-state index contributed by atoms with van der Waals surface area (Å²) in [6, 6.07) is 18.0. The lowest BCUT2D eigenvalue weighted by molar-refractivity contribution is 0.171. The zero-order chi connectivity index (χ0) is 20.7. The predicted octanol–water partition coefficient (Wildman–Crippen LogP) is 4.84. The maximum absolute atomic E-state index is 12.8. The molecule has 0 radical (unpaired) electrons. The van der Waals surface area contributed by atoms with Crippen molar-refractivity contribution in [3.05, 3.63) is 66.2 Å². The van der Waals surface area contributed by atoms with E-state index in [4.69, 9.17) is 9.47 Å². The monoisotopic (exact) mass is 438 g/mol. The zero-order valence-electron chi connectivity index (χ0n) is 16.1.